The molecule has 1 N–H and O–H groups in total. The first-order chi connectivity index (χ1) is 13.2. The highest BCUT2D eigenvalue weighted by molar-refractivity contribution is 7.18. The number of H-pyrrole nitrogens is 1. The van der Waals surface area contributed by atoms with Gasteiger partial charge in [-0.15, -0.1) is 11.3 Å². The molecular weight excluding hydrogens is 362 g/mol. The lowest BCUT2D eigenvalue weighted by molar-refractivity contribution is 0.171. The predicted octanol–water partition coefficient (Wildman–Crippen LogP) is 2.88. The van der Waals surface area contributed by atoms with Crippen molar-refractivity contribution >= 4 is 21.6 Å². The van der Waals surface area contributed by atoms with Crippen molar-refractivity contribution in [3.05, 3.63) is 50.4 Å². The monoisotopic (exact) mass is 383 g/mol. The van der Waals surface area contributed by atoms with Gasteiger partial charge in [-0.05, 0) is 49.6 Å². The number of aromatic amines is 1. The van der Waals surface area contributed by atoms with Gasteiger partial charge in [-0.3, -0.25) is 9.69 Å². The highest BCUT2D eigenvalue weighted by Gasteiger charge is 2.21. The summed E-state index contributed by atoms with van der Waals surface area (Å²) in [4.78, 5) is 24.7. The molecular formula is C20H21N3O3S. The van der Waals surface area contributed by atoms with Gasteiger partial charge in [-0.2, -0.15) is 0 Å². The molecule has 0 saturated carbocycles. The van der Waals surface area contributed by atoms with Crippen molar-refractivity contribution in [2.75, 3.05) is 20.3 Å². The summed E-state index contributed by atoms with van der Waals surface area (Å²) in [5, 5.41) is 0.811. The van der Waals surface area contributed by atoms with E-state index < -0.39 is 0 Å². The van der Waals surface area contributed by atoms with Crippen molar-refractivity contribution in [1.29, 1.82) is 0 Å². The number of aromatic nitrogens is 2. The summed E-state index contributed by atoms with van der Waals surface area (Å²) in [5.74, 6) is 2.32. The second kappa shape index (κ2) is 6.65. The van der Waals surface area contributed by atoms with Crippen LogP contribution < -0.4 is 15.0 Å². The Kier molecular flexibility index (Phi) is 4.13. The zero-order chi connectivity index (χ0) is 18.4. The van der Waals surface area contributed by atoms with Gasteiger partial charge in [0.05, 0.1) is 11.9 Å². The Morgan fingerprint density at radius 1 is 1.19 bits per heavy atom. The summed E-state index contributed by atoms with van der Waals surface area (Å²) in [7, 11) is 2.02. The van der Waals surface area contributed by atoms with E-state index in [2.05, 4.69) is 9.88 Å². The number of nitrogens with one attached hydrogen (secondary N) is 1. The van der Waals surface area contributed by atoms with E-state index in [4.69, 9.17) is 14.5 Å². The molecule has 2 aliphatic rings. The van der Waals surface area contributed by atoms with E-state index in [1.807, 2.05) is 25.2 Å². The molecule has 2 aromatic heterocycles. The third kappa shape index (κ3) is 3.11. The molecule has 0 atom stereocenters. The number of aryl methyl sites for hydroxylation is 2. The van der Waals surface area contributed by atoms with Gasteiger partial charge in [0, 0.05) is 11.4 Å². The van der Waals surface area contributed by atoms with Crippen LogP contribution in [0, 0.1) is 0 Å². The minimum absolute atomic E-state index is 0.00197. The molecule has 7 heteroatoms. The molecule has 1 aromatic carbocycles. The molecule has 6 nitrogen and oxygen atoms in total. The number of hydrogen-bond donors (Lipinski definition) is 1. The Morgan fingerprint density at radius 2 is 2.04 bits per heavy atom. The van der Waals surface area contributed by atoms with Gasteiger partial charge in [-0.25, -0.2) is 4.98 Å². The van der Waals surface area contributed by atoms with Gasteiger partial charge in [0.15, 0.2) is 11.5 Å². The van der Waals surface area contributed by atoms with Crippen LogP contribution in [0.5, 0.6) is 11.5 Å². The summed E-state index contributed by atoms with van der Waals surface area (Å²) in [6.07, 6.45) is 3.23. The van der Waals surface area contributed by atoms with Crippen LogP contribution in [0.25, 0.3) is 10.2 Å². The third-order valence-corrected chi connectivity index (χ3v) is 6.29. The van der Waals surface area contributed by atoms with E-state index in [1.54, 1.807) is 11.3 Å². The van der Waals surface area contributed by atoms with Crippen molar-refractivity contribution in [2.45, 2.75) is 32.4 Å². The molecule has 5 rings (SSSR count). The zero-order valence-corrected chi connectivity index (χ0v) is 16.0. The zero-order valence-electron chi connectivity index (χ0n) is 15.2. The molecule has 27 heavy (non-hydrogen) atoms. The smallest absolute Gasteiger partial charge is 0.259 e. The number of fused-ring (bicyclic) bond motifs is 4. The van der Waals surface area contributed by atoms with Crippen LogP contribution in [0.2, 0.25) is 0 Å². The highest BCUT2D eigenvalue weighted by Crippen LogP contribution is 2.34. The summed E-state index contributed by atoms with van der Waals surface area (Å²) < 4.78 is 11.2. The topological polar surface area (TPSA) is 67.5 Å². The first-order valence-electron chi connectivity index (χ1n) is 9.28. The Morgan fingerprint density at radius 3 is 2.93 bits per heavy atom. The van der Waals surface area contributed by atoms with Crippen LogP contribution in [-0.2, 0) is 25.9 Å². The largest absolute Gasteiger partial charge is 0.486 e. The van der Waals surface area contributed by atoms with Crippen molar-refractivity contribution in [3.63, 3.8) is 0 Å². The van der Waals surface area contributed by atoms with E-state index in [9.17, 15) is 4.79 Å². The van der Waals surface area contributed by atoms with Crippen molar-refractivity contribution < 1.29 is 9.47 Å². The number of hydrogen-bond acceptors (Lipinski definition) is 6. The summed E-state index contributed by atoms with van der Waals surface area (Å²) in [6.45, 7) is 2.50. The summed E-state index contributed by atoms with van der Waals surface area (Å²) in [5.41, 5.74) is 2.36. The maximum Gasteiger partial charge on any atom is 0.259 e. The fourth-order valence-electron chi connectivity index (χ4n) is 3.93. The van der Waals surface area contributed by atoms with Crippen LogP contribution >= 0.6 is 11.3 Å². The minimum atomic E-state index is 0.00197. The van der Waals surface area contributed by atoms with E-state index in [1.165, 1.54) is 10.4 Å². The van der Waals surface area contributed by atoms with E-state index in [0.29, 0.717) is 25.6 Å². The fraction of sp³-hybridized carbons (Fsp3) is 0.400. The summed E-state index contributed by atoms with van der Waals surface area (Å²) >= 11 is 1.68. The Hall–Kier alpha value is -2.38. The fourth-order valence-corrected chi connectivity index (χ4v) is 5.21. The van der Waals surface area contributed by atoms with Crippen LogP contribution in [0.3, 0.4) is 0 Å². The second-order valence-corrected chi connectivity index (χ2v) is 8.28. The normalized spacial score (nSPS) is 15.5. The Labute approximate surface area is 160 Å². The number of nitrogens with zero attached hydrogens (tertiary/aromatic N) is 2. The SMILES string of the molecule is CN(Cc1ccc2c(c1)OCCO2)Cc1nc2sc3c(c2c(=O)[nH]1)CCC3. The first-order valence-corrected chi connectivity index (χ1v) is 10.1. The average Bonchev–Trinajstić information content (AvgIpc) is 3.22. The number of benzene rings is 1. The van der Waals surface area contributed by atoms with Crippen molar-refractivity contribution in [3.8, 4) is 11.5 Å². The van der Waals surface area contributed by atoms with Gasteiger partial charge in [0.25, 0.3) is 5.56 Å². The van der Waals surface area contributed by atoms with Gasteiger partial charge < -0.3 is 14.5 Å². The Bertz CT molecular complexity index is 1070. The van der Waals surface area contributed by atoms with Gasteiger partial charge >= 0.3 is 0 Å². The van der Waals surface area contributed by atoms with Crippen LogP contribution in [-0.4, -0.2) is 35.1 Å². The Balaban J connectivity index is 1.35. The number of rotatable bonds is 4. The molecule has 1 aliphatic carbocycles. The van der Waals surface area contributed by atoms with E-state index >= 15 is 0 Å². The maximum atomic E-state index is 12.6. The van der Waals surface area contributed by atoms with Crippen LogP contribution in [0.15, 0.2) is 23.0 Å². The minimum Gasteiger partial charge on any atom is -0.486 e. The average molecular weight is 383 g/mol. The van der Waals surface area contributed by atoms with Crippen molar-refractivity contribution in [1.82, 2.24) is 14.9 Å². The van der Waals surface area contributed by atoms with Gasteiger partial charge in [0.2, 0.25) is 0 Å². The maximum absolute atomic E-state index is 12.6. The first kappa shape index (κ1) is 16.8. The standard InChI is InChI=1S/C20H21N3O3S/c1-23(10-12-5-6-14-15(9-12)26-8-7-25-14)11-17-21-19(24)18-13-3-2-4-16(13)27-20(18)22-17/h5-6,9H,2-4,7-8,10-11H2,1H3,(H,21,22,24). The molecule has 0 saturated heterocycles. The second-order valence-electron chi connectivity index (χ2n) is 7.20. The molecule has 1 aliphatic heterocycles. The van der Waals surface area contributed by atoms with Crippen LogP contribution in [0.1, 0.15) is 28.2 Å². The predicted molar refractivity (Wildman–Crippen MR) is 105 cm³/mol. The molecule has 0 fully saturated rings. The molecule has 140 valence electrons. The lowest BCUT2D eigenvalue weighted by atomic mass is 10.2. The van der Waals surface area contributed by atoms with E-state index in [-0.39, 0.29) is 5.56 Å². The molecule has 3 aromatic rings. The summed E-state index contributed by atoms with van der Waals surface area (Å²) in [6, 6.07) is 6.03. The quantitative estimate of drug-likeness (QED) is 0.750. The molecule has 0 amide bonds. The number of ether oxygens (including phenoxy) is 2. The van der Waals surface area contributed by atoms with E-state index in [0.717, 1.165) is 53.1 Å². The molecule has 0 radical (unpaired) electrons. The van der Waals surface area contributed by atoms with Gasteiger partial charge in [0.1, 0.15) is 23.9 Å². The molecule has 0 unspecified atom stereocenters. The molecule has 0 spiro atoms. The lowest BCUT2D eigenvalue weighted by Crippen LogP contribution is -2.22. The highest BCUT2D eigenvalue weighted by atomic mass is 32.1. The van der Waals surface area contributed by atoms with Crippen molar-refractivity contribution in [2.24, 2.45) is 0 Å². The third-order valence-electron chi connectivity index (χ3n) is 5.10. The molecule has 0 bridgehead atoms. The lowest BCUT2D eigenvalue weighted by Gasteiger charge is -2.20. The van der Waals surface area contributed by atoms with Crippen LogP contribution in [0.4, 0.5) is 0 Å². The molecule has 3 heterocycles. The number of thiophene rings is 1. The van der Waals surface area contributed by atoms with Gasteiger partial charge in [-0.1, -0.05) is 6.07 Å².